The molecule has 0 radical (unpaired) electrons. The predicted octanol–water partition coefficient (Wildman–Crippen LogP) is 2.47. The number of fused-ring (bicyclic) bond motifs is 1. The van der Waals surface area contributed by atoms with Crippen molar-refractivity contribution >= 4 is 5.91 Å². The van der Waals surface area contributed by atoms with Gasteiger partial charge in [0.15, 0.2) is 11.5 Å². The Hall–Kier alpha value is -2.80. The van der Waals surface area contributed by atoms with E-state index >= 15 is 0 Å². The number of amides is 1. The standard InChI is InChI=1S/C19H18FNO5/c20-16-4-2-1-3-15(16)19(22)21-7-8-23-14(10-21)11-24-13-5-6-17-18(9-13)26-12-25-17/h1-6,9,14H,7-8,10-12H2. The Kier molecular flexibility index (Phi) is 4.62. The van der Waals surface area contributed by atoms with E-state index in [9.17, 15) is 9.18 Å². The molecule has 1 amide bonds. The summed E-state index contributed by atoms with van der Waals surface area (Å²) < 4.78 is 35.9. The van der Waals surface area contributed by atoms with Crippen LogP contribution in [0.5, 0.6) is 17.2 Å². The molecule has 0 bridgehead atoms. The molecule has 1 fully saturated rings. The first kappa shape index (κ1) is 16.7. The summed E-state index contributed by atoms with van der Waals surface area (Å²) in [5.41, 5.74) is 0.0739. The number of nitrogens with zero attached hydrogens (tertiary/aromatic N) is 1. The average Bonchev–Trinajstić information content (AvgIpc) is 3.14. The highest BCUT2D eigenvalue weighted by atomic mass is 19.1. The summed E-state index contributed by atoms with van der Waals surface area (Å²) in [5.74, 6) is 1.11. The number of carbonyl (C=O) groups excluding carboxylic acids is 1. The fourth-order valence-electron chi connectivity index (χ4n) is 2.97. The van der Waals surface area contributed by atoms with Crippen molar-refractivity contribution in [2.75, 3.05) is 33.1 Å². The molecule has 0 aliphatic carbocycles. The molecule has 0 aromatic heterocycles. The van der Waals surface area contributed by atoms with Crippen LogP contribution in [-0.2, 0) is 4.74 Å². The van der Waals surface area contributed by atoms with Gasteiger partial charge in [0, 0.05) is 12.6 Å². The maximum absolute atomic E-state index is 13.8. The van der Waals surface area contributed by atoms with Crippen molar-refractivity contribution in [1.82, 2.24) is 4.90 Å². The number of hydrogen-bond acceptors (Lipinski definition) is 5. The number of halogens is 1. The topological polar surface area (TPSA) is 57.2 Å². The van der Waals surface area contributed by atoms with Crippen molar-refractivity contribution in [3.05, 3.63) is 53.8 Å². The van der Waals surface area contributed by atoms with Gasteiger partial charge >= 0.3 is 0 Å². The zero-order valence-corrected chi connectivity index (χ0v) is 14.0. The molecule has 2 aliphatic heterocycles. The average molecular weight is 359 g/mol. The summed E-state index contributed by atoms with van der Waals surface area (Å²) in [6.07, 6.45) is -0.287. The maximum atomic E-state index is 13.8. The van der Waals surface area contributed by atoms with Crippen molar-refractivity contribution in [1.29, 1.82) is 0 Å². The van der Waals surface area contributed by atoms with Crippen LogP contribution >= 0.6 is 0 Å². The third-order valence-corrected chi connectivity index (χ3v) is 4.31. The lowest BCUT2D eigenvalue weighted by Crippen LogP contribution is -2.47. The third-order valence-electron chi connectivity index (χ3n) is 4.31. The summed E-state index contributed by atoms with van der Waals surface area (Å²) >= 11 is 0. The smallest absolute Gasteiger partial charge is 0.256 e. The van der Waals surface area contributed by atoms with Crippen LogP contribution < -0.4 is 14.2 Å². The highest BCUT2D eigenvalue weighted by Gasteiger charge is 2.27. The second-order valence-electron chi connectivity index (χ2n) is 6.05. The number of rotatable bonds is 4. The molecule has 2 aromatic rings. The molecule has 4 rings (SSSR count). The zero-order valence-electron chi connectivity index (χ0n) is 14.0. The number of ether oxygens (including phenoxy) is 4. The molecule has 2 aliphatic rings. The molecule has 26 heavy (non-hydrogen) atoms. The normalized spacial score (nSPS) is 18.7. The lowest BCUT2D eigenvalue weighted by Gasteiger charge is -2.33. The van der Waals surface area contributed by atoms with Gasteiger partial charge in [-0.2, -0.15) is 0 Å². The van der Waals surface area contributed by atoms with Gasteiger partial charge in [-0.3, -0.25) is 4.79 Å². The maximum Gasteiger partial charge on any atom is 0.256 e. The van der Waals surface area contributed by atoms with Crippen molar-refractivity contribution in [3.63, 3.8) is 0 Å². The number of hydrogen-bond donors (Lipinski definition) is 0. The van der Waals surface area contributed by atoms with E-state index in [4.69, 9.17) is 18.9 Å². The van der Waals surface area contributed by atoms with Gasteiger partial charge in [-0.15, -0.1) is 0 Å². The van der Waals surface area contributed by atoms with E-state index in [2.05, 4.69) is 0 Å². The molecule has 0 N–H and O–H groups in total. The van der Waals surface area contributed by atoms with E-state index in [0.717, 1.165) is 0 Å². The van der Waals surface area contributed by atoms with Gasteiger partial charge < -0.3 is 23.8 Å². The Bertz CT molecular complexity index is 812. The van der Waals surface area contributed by atoms with Crippen LogP contribution in [0.2, 0.25) is 0 Å². The van der Waals surface area contributed by atoms with Crippen molar-refractivity contribution < 1.29 is 28.1 Å². The molecule has 0 spiro atoms. The summed E-state index contributed by atoms with van der Waals surface area (Å²) in [6.45, 7) is 1.64. The van der Waals surface area contributed by atoms with E-state index in [-0.39, 0.29) is 31.0 Å². The zero-order chi connectivity index (χ0) is 17.9. The molecule has 1 saturated heterocycles. The SMILES string of the molecule is O=C(c1ccccc1F)N1CCOC(COc2ccc3c(c2)OCO3)C1. The van der Waals surface area contributed by atoms with E-state index in [1.807, 2.05) is 0 Å². The van der Waals surface area contributed by atoms with E-state index < -0.39 is 5.82 Å². The van der Waals surface area contributed by atoms with E-state index in [1.165, 1.54) is 12.1 Å². The summed E-state index contributed by atoms with van der Waals surface area (Å²) in [7, 11) is 0. The Labute approximate surface area is 150 Å². The minimum Gasteiger partial charge on any atom is -0.491 e. The van der Waals surface area contributed by atoms with Crippen LogP contribution in [0.15, 0.2) is 42.5 Å². The highest BCUT2D eigenvalue weighted by Crippen LogP contribution is 2.35. The Morgan fingerprint density at radius 2 is 2.04 bits per heavy atom. The van der Waals surface area contributed by atoms with Crippen LogP contribution in [0.1, 0.15) is 10.4 Å². The molecular formula is C19H18FNO5. The molecule has 6 nitrogen and oxygen atoms in total. The minimum atomic E-state index is -0.517. The molecule has 0 saturated carbocycles. The summed E-state index contributed by atoms with van der Waals surface area (Å²) in [5, 5.41) is 0. The Morgan fingerprint density at radius 3 is 2.92 bits per heavy atom. The van der Waals surface area contributed by atoms with Gasteiger partial charge in [0.1, 0.15) is 24.3 Å². The van der Waals surface area contributed by atoms with Crippen LogP contribution in [0.3, 0.4) is 0 Å². The molecule has 1 unspecified atom stereocenters. The van der Waals surface area contributed by atoms with E-state index in [0.29, 0.717) is 36.9 Å². The van der Waals surface area contributed by atoms with Gasteiger partial charge in [-0.05, 0) is 24.3 Å². The minimum absolute atomic E-state index is 0.0739. The summed E-state index contributed by atoms with van der Waals surface area (Å²) in [6, 6.07) is 11.3. The fraction of sp³-hybridized carbons (Fsp3) is 0.316. The van der Waals surface area contributed by atoms with Crippen LogP contribution in [0.4, 0.5) is 4.39 Å². The number of morpholine rings is 1. The predicted molar refractivity (Wildman–Crippen MR) is 90.1 cm³/mol. The Morgan fingerprint density at radius 1 is 1.19 bits per heavy atom. The van der Waals surface area contributed by atoms with E-state index in [1.54, 1.807) is 35.2 Å². The van der Waals surface area contributed by atoms with Gasteiger partial charge in [-0.25, -0.2) is 4.39 Å². The molecule has 136 valence electrons. The second-order valence-corrected chi connectivity index (χ2v) is 6.05. The first-order valence-electron chi connectivity index (χ1n) is 8.38. The fourth-order valence-corrected chi connectivity index (χ4v) is 2.97. The van der Waals surface area contributed by atoms with Crippen LogP contribution in [0, 0.1) is 5.82 Å². The largest absolute Gasteiger partial charge is 0.491 e. The van der Waals surface area contributed by atoms with Crippen molar-refractivity contribution in [2.45, 2.75) is 6.10 Å². The van der Waals surface area contributed by atoms with Crippen molar-refractivity contribution in [3.8, 4) is 17.2 Å². The van der Waals surface area contributed by atoms with Crippen LogP contribution in [0.25, 0.3) is 0 Å². The quantitative estimate of drug-likeness (QED) is 0.839. The number of carbonyl (C=O) groups is 1. The number of benzene rings is 2. The summed E-state index contributed by atoms with van der Waals surface area (Å²) in [4.78, 5) is 14.1. The first-order chi connectivity index (χ1) is 12.7. The third kappa shape index (κ3) is 3.43. The highest BCUT2D eigenvalue weighted by molar-refractivity contribution is 5.94. The van der Waals surface area contributed by atoms with Gasteiger partial charge in [-0.1, -0.05) is 12.1 Å². The van der Waals surface area contributed by atoms with Crippen LogP contribution in [-0.4, -0.2) is 50.0 Å². The second kappa shape index (κ2) is 7.21. The van der Waals surface area contributed by atoms with Gasteiger partial charge in [0.25, 0.3) is 5.91 Å². The van der Waals surface area contributed by atoms with Gasteiger partial charge in [0.05, 0.1) is 18.7 Å². The van der Waals surface area contributed by atoms with Gasteiger partial charge in [0.2, 0.25) is 6.79 Å². The Balaban J connectivity index is 1.36. The lowest BCUT2D eigenvalue weighted by molar-refractivity contribution is -0.0402. The monoisotopic (exact) mass is 359 g/mol. The molecule has 1 atom stereocenters. The molecule has 2 heterocycles. The molecule has 2 aromatic carbocycles. The lowest BCUT2D eigenvalue weighted by atomic mass is 10.1. The molecule has 7 heteroatoms. The molecular weight excluding hydrogens is 341 g/mol. The first-order valence-corrected chi connectivity index (χ1v) is 8.38. The van der Waals surface area contributed by atoms with Crippen molar-refractivity contribution in [2.24, 2.45) is 0 Å².